The molecule has 1 aromatic carbocycles. The van der Waals surface area contributed by atoms with Crippen LogP contribution in [0.15, 0.2) is 53.9 Å². The summed E-state index contributed by atoms with van der Waals surface area (Å²) >= 11 is 0. The minimum atomic E-state index is -0.774. The molecule has 0 heterocycles. The van der Waals surface area contributed by atoms with Gasteiger partial charge in [-0.3, -0.25) is 0 Å². The summed E-state index contributed by atoms with van der Waals surface area (Å²) in [5.41, 5.74) is 13.1. The van der Waals surface area contributed by atoms with Crippen LogP contribution in [-0.4, -0.2) is 20.3 Å². The Labute approximate surface area is 107 Å². The maximum atomic E-state index is 6.48. The van der Waals surface area contributed by atoms with Crippen molar-refractivity contribution in [2.24, 2.45) is 11.5 Å². The van der Waals surface area contributed by atoms with Crippen LogP contribution in [-0.2, 0) is 15.0 Å². The van der Waals surface area contributed by atoms with Crippen molar-refractivity contribution in [2.75, 3.05) is 14.2 Å². The van der Waals surface area contributed by atoms with Crippen LogP contribution in [0.4, 0.5) is 0 Å². The van der Waals surface area contributed by atoms with Gasteiger partial charge in [-0.2, -0.15) is 0 Å². The first-order valence-corrected chi connectivity index (χ1v) is 5.73. The van der Waals surface area contributed by atoms with Crippen LogP contribution < -0.4 is 11.5 Å². The van der Waals surface area contributed by atoms with E-state index in [0.29, 0.717) is 11.5 Å². The molecular weight excluding hydrogens is 228 g/mol. The zero-order valence-corrected chi connectivity index (χ0v) is 10.6. The maximum Gasteiger partial charge on any atom is 0.150 e. The summed E-state index contributed by atoms with van der Waals surface area (Å²) in [5, 5.41) is 0. The molecule has 0 saturated carbocycles. The first-order valence-electron chi connectivity index (χ1n) is 5.73. The van der Waals surface area contributed by atoms with E-state index in [2.05, 4.69) is 0 Å². The molecule has 0 saturated heterocycles. The van der Waals surface area contributed by atoms with Crippen LogP contribution in [0.5, 0.6) is 0 Å². The van der Waals surface area contributed by atoms with Gasteiger partial charge in [0.05, 0.1) is 18.3 Å². The second kappa shape index (κ2) is 4.84. The molecule has 0 fully saturated rings. The highest BCUT2D eigenvalue weighted by atomic mass is 16.5. The van der Waals surface area contributed by atoms with Crippen molar-refractivity contribution in [3.8, 4) is 0 Å². The molecule has 96 valence electrons. The fourth-order valence-electron chi connectivity index (χ4n) is 2.27. The quantitative estimate of drug-likeness (QED) is 0.842. The van der Waals surface area contributed by atoms with Gasteiger partial charge in [0.2, 0.25) is 0 Å². The Kier molecular flexibility index (Phi) is 3.41. The molecule has 4 N–H and O–H groups in total. The summed E-state index contributed by atoms with van der Waals surface area (Å²) in [4.78, 5) is 0. The van der Waals surface area contributed by atoms with Gasteiger partial charge in [-0.05, 0) is 11.6 Å². The third kappa shape index (κ3) is 1.89. The van der Waals surface area contributed by atoms with Crippen LogP contribution in [0.2, 0.25) is 0 Å². The Balaban J connectivity index is 2.49. The van der Waals surface area contributed by atoms with Crippen molar-refractivity contribution >= 4 is 0 Å². The average Bonchev–Trinajstić information content (AvgIpc) is 2.42. The van der Waals surface area contributed by atoms with Crippen molar-refractivity contribution in [2.45, 2.75) is 11.6 Å². The maximum absolute atomic E-state index is 6.48. The number of rotatable bonds is 3. The first-order chi connectivity index (χ1) is 8.63. The van der Waals surface area contributed by atoms with E-state index in [1.165, 1.54) is 0 Å². The van der Waals surface area contributed by atoms with E-state index in [1.54, 1.807) is 20.3 Å². The molecular formula is C14H18N2O2. The Morgan fingerprint density at radius 3 is 2.39 bits per heavy atom. The molecule has 1 aromatic rings. The zero-order chi connectivity index (χ0) is 13.2. The summed E-state index contributed by atoms with van der Waals surface area (Å²) in [6.45, 7) is 0. The molecule has 0 spiro atoms. The molecule has 1 aliphatic carbocycles. The smallest absolute Gasteiger partial charge is 0.150 e. The first kappa shape index (κ1) is 12.7. The number of hydrogen-bond acceptors (Lipinski definition) is 4. The van der Waals surface area contributed by atoms with E-state index in [4.69, 9.17) is 20.9 Å². The summed E-state index contributed by atoms with van der Waals surface area (Å²) in [6, 6.07) is 9.76. The summed E-state index contributed by atoms with van der Waals surface area (Å²) in [5.74, 6) is 0.561. The van der Waals surface area contributed by atoms with E-state index in [1.807, 2.05) is 36.4 Å². The van der Waals surface area contributed by atoms with E-state index in [0.717, 1.165) is 5.56 Å². The van der Waals surface area contributed by atoms with E-state index < -0.39 is 11.6 Å². The summed E-state index contributed by atoms with van der Waals surface area (Å²) in [6.07, 6.45) is 3.19. The Morgan fingerprint density at radius 2 is 1.83 bits per heavy atom. The summed E-state index contributed by atoms with van der Waals surface area (Å²) in [7, 11) is 3.17. The molecule has 4 nitrogen and oxygen atoms in total. The van der Waals surface area contributed by atoms with Crippen LogP contribution in [0, 0.1) is 0 Å². The number of methoxy groups -OCH3 is 2. The van der Waals surface area contributed by atoms with Gasteiger partial charge in [0.15, 0.2) is 0 Å². The monoisotopic (exact) mass is 246 g/mol. The Hall–Kier alpha value is -1.78. The molecule has 1 aliphatic rings. The van der Waals surface area contributed by atoms with Crippen molar-refractivity contribution in [3.05, 3.63) is 59.5 Å². The van der Waals surface area contributed by atoms with Crippen molar-refractivity contribution in [1.29, 1.82) is 0 Å². The predicted molar refractivity (Wildman–Crippen MR) is 70.5 cm³/mol. The molecule has 0 aliphatic heterocycles. The number of hydrogen-bond donors (Lipinski definition) is 2. The SMILES string of the molecule is COC1=C(N)C=CC(N)(c2ccccc2)C1OC. The van der Waals surface area contributed by atoms with Crippen LogP contribution in [0.1, 0.15) is 5.56 Å². The highest BCUT2D eigenvalue weighted by molar-refractivity contribution is 5.42. The number of ether oxygens (including phenoxy) is 2. The van der Waals surface area contributed by atoms with Gasteiger partial charge in [0.25, 0.3) is 0 Å². The lowest BCUT2D eigenvalue weighted by Crippen LogP contribution is -2.50. The molecule has 0 aromatic heterocycles. The van der Waals surface area contributed by atoms with E-state index in [9.17, 15) is 0 Å². The normalized spacial score (nSPS) is 27.4. The van der Waals surface area contributed by atoms with Gasteiger partial charge in [0, 0.05) is 7.11 Å². The van der Waals surface area contributed by atoms with E-state index in [-0.39, 0.29) is 0 Å². The largest absolute Gasteiger partial charge is 0.496 e. The molecule has 4 heteroatoms. The predicted octanol–water partition coefficient (Wildman–Crippen LogP) is 1.24. The minimum absolute atomic E-state index is 0.435. The summed E-state index contributed by atoms with van der Waals surface area (Å²) < 4.78 is 10.8. The molecule has 0 bridgehead atoms. The van der Waals surface area contributed by atoms with Gasteiger partial charge in [0.1, 0.15) is 11.9 Å². The van der Waals surface area contributed by atoms with Gasteiger partial charge in [-0.15, -0.1) is 0 Å². The average molecular weight is 246 g/mol. The van der Waals surface area contributed by atoms with Crippen molar-refractivity contribution in [1.82, 2.24) is 0 Å². The molecule has 2 unspecified atom stereocenters. The third-order valence-electron chi connectivity index (χ3n) is 3.22. The molecule has 2 atom stereocenters. The topological polar surface area (TPSA) is 70.5 Å². The fourth-order valence-corrected chi connectivity index (χ4v) is 2.27. The van der Waals surface area contributed by atoms with E-state index >= 15 is 0 Å². The lowest BCUT2D eigenvalue weighted by molar-refractivity contribution is 0.0334. The number of allylic oxidation sites excluding steroid dienone is 1. The Morgan fingerprint density at radius 1 is 1.17 bits per heavy atom. The fraction of sp³-hybridized carbons (Fsp3) is 0.286. The van der Waals surface area contributed by atoms with Crippen molar-refractivity contribution in [3.63, 3.8) is 0 Å². The highest BCUT2D eigenvalue weighted by Gasteiger charge is 2.41. The van der Waals surface area contributed by atoms with Crippen LogP contribution in [0.3, 0.4) is 0 Å². The van der Waals surface area contributed by atoms with Crippen molar-refractivity contribution < 1.29 is 9.47 Å². The van der Waals surface area contributed by atoms with Gasteiger partial charge < -0.3 is 20.9 Å². The minimum Gasteiger partial charge on any atom is -0.496 e. The highest BCUT2D eigenvalue weighted by Crippen LogP contribution is 2.34. The van der Waals surface area contributed by atoms with Gasteiger partial charge >= 0.3 is 0 Å². The second-order valence-electron chi connectivity index (χ2n) is 4.27. The van der Waals surface area contributed by atoms with Gasteiger partial charge in [-0.25, -0.2) is 0 Å². The zero-order valence-electron chi connectivity index (χ0n) is 10.6. The third-order valence-corrected chi connectivity index (χ3v) is 3.22. The van der Waals surface area contributed by atoms with Gasteiger partial charge in [-0.1, -0.05) is 36.4 Å². The van der Waals surface area contributed by atoms with Crippen LogP contribution in [0.25, 0.3) is 0 Å². The second-order valence-corrected chi connectivity index (χ2v) is 4.27. The molecule has 2 rings (SSSR count). The number of benzene rings is 1. The number of nitrogens with two attached hydrogens (primary N) is 2. The lowest BCUT2D eigenvalue weighted by atomic mass is 9.81. The lowest BCUT2D eigenvalue weighted by Gasteiger charge is -2.37. The molecule has 0 radical (unpaired) electrons. The molecule has 0 amide bonds. The standard InChI is InChI=1S/C14H18N2O2/c1-17-12-11(15)8-9-14(16,13(12)18-2)10-6-4-3-5-7-10/h3-9,13H,15-16H2,1-2H3. The molecule has 18 heavy (non-hydrogen) atoms. The van der Waals surface area contributed by atoms with Crippen LogP contribution >= 0.6 is 0 Å². The Bertz CT molecular complexity index is 482.